The zero-order valence-corrected chi connectivity index (χ0v) is 14.7. The van der Waals surface area contributed by atoms with Crippen LogP contribution in [0.1, 0.15) is 34.5 Å². The monoisotopic (exact) mass is 329 g/mol. The van der Waals surface area contributed by atoms with E-state index < -0.39 is 0 Å². The van der Waals surface area contributed by atoms with Crippen LogP contribution in [0, 0.1) is 13.8 Å². The maximum atomic E-state index is 12.3. The third-order valence-corrected chi connectivity index (χ3v) is 4.86. The van der Waals surface area contributed by atoms with Crippen molar-refractivity contribution in [2.45, 2.75) is 26.7 Å². The molecule has 1 aliphatic rings. The number of unbranched alkanes of at least 4 members (excludes halogenated alkanes) is 1. The number of amides is 1. The Morgan fingerprint density at radius 2 is 2.04 bits per heavy atom. The van der Waals surface area contributed by atoms with Crippen molar-refractivity contribution in [1.29, 1.82) is 0 Å². The van der Waals surface area contributed by atoms with E-state index in [0.717, 1.165) is 74.4 Å². The number of hydrogen-bond donors (Lipinski definition) is 2. The number of ether oxygens (including phenoxy) is 1. The molecular formula is C19H27N3O2. The van der Waals surface area contributed by atoms with Crippen LogP contribution >= 0.6 is 0 Å². The molecule has 0 bridgehead atoms. The first-order chi connectivity index (χ1) is 11.6. The molecule has 24 heavy (non-hydrogen) atoms. The number of H-pyrrole nitrogens is 1. The van der Waals surface area contributed by atoms with Gasteiger partial charge in [-0.25, -0.2) is 0 Å². The number of carbonyl (C=O) groups excluding carboxylic acids is 1. The lowest BCUT2D eigenvalue weighted by molar-refractivity contribution is 0.0372. The molecule has 5 nitrogen and oxygen atoms in total. The van der Waals surface area contributed by atoms with Crippen LogP contribution in [-0.2, 0) is 4.74 Å². The van der Waals surface area contributed by atoms with Gasteiger partial charge in [-0.1, -0.05) is 0 Å². The molecule has 1 fully saturated rings. The Labute approximate surface area is 143 Å². The van der Waals surface area contributed by atoms with Gasteiger partial charge in [-0.2, -0.15) is 0 Å². The zero-order chi connectivity index (χ0) is 16.9. The van der Waals surface area contributed by atoms with Crippen LogP contribution < -0.4 is 5.32 Å². The highest BCUT2D eigenvalue weighted by atomic mass is 16.5. The summed E-state index contributed by atoms with van der Waals surface area (Å²) in [7, 11) is 0. The van der Waals surface area contributed by atoms with Gasteiger partial charge in [0.25, 0.3) is 5.91 Å². The average Bonchev–Trinajstić information content (AvgIpc) is 2.89. The lowest BCUT2D eigenvalue weighted by Crippen LogP contribution is -2.37. The van der Waals surface area contributed by atoms with Crippen molar-refractivity contribution in [2.24, 2.45) is 0 Å². The second-order valence-corrected chi connectivity index (χ2v) is 6.55. The van der Waals surface area contributed by atoms with Gasteiger partial charge in [0.1, 0.15) is 0 Å². The first-order valence-corrected chi connectivity index (χ1v) is 8.82. The largest absolute Gasteiger partial charge is 0.379 e. The van der Waals surface area contributed by atoms with E-state index in [1.165, 1.54) is 5.56 Å². The summed E-state index contributed by atoms with van der Waals surface area (Å²) in [5.74, 6) is 0.0153. The Balaban J connectivity index is 1.45. The second kappa shape index (κ2) is 7.81. The maximum absolute atomic E-state index is 12.3. The lowest BCUT2D eigenvalue weighted by atomic mass is 10.1. The van der Waals surface area contributed by atoms with Crippen molar-refractivity contribution >= 4 is 16.8 Å². The van der Waals surface area contributed by atoms with Gasteiger partial charge in [-0.05, 0) is 57.0 Å². The fourth-order valence-electron chi connectivity index (χ4n) is 3.19. The van der Waals surface area contributed by atoms with Gasteiger partial charge in [0.2, 0.25) is 0 Å². The van der Waals surface area contributed by atoms with E-state index in [1.54, 1.807) is 0 Å². The highest BCUT2D eigenvalue weighted by Gasteiger charge is 2.11. The molecule has 2 N–H and O–H groups in total. The molecule has 0 saturated carbocycles. The maximum Gasteiger partial charge on any atom is 0.251 e. The summed E-state index contributed by atoms with van der Waals surface area (Å²) in [5.41, 5.74) is 4.20. The van der Waals surface area contributed by atoms with E-state index in [4.69, 9.17) is 4.74 Å². The average molecular weight is 329 g/mol. The van der Waals surface area contributed by atoms with Crippen molar-refractivity contribution in [3.63, 3.8) is 0 Å². The molecule has 0 unspecified atom stereocenters. The van der Waals surface area contributed by atoms with Crippen molar-refractivity contribution in [3.8, 4) is 0 Å². The molecule has 0 aliphatic carbocycles. The van der Waals surface area contributed by atoms with Crippen LogP contribution in [0.4, 0.5) is 0 Å². The fraction of sp³-hybridized carbons (Fsp3) is 0.526. The number of rotatable bonds is 6. The molecule has 0 radical (unpaired) electrons. The summed E-state index contributed by atoms with van der Waals surface area (Å²) >= 11 is 0. The summed E-state index contributed by atoms with van der Waals surface area (Å²) in [5, 5.41) is 4.17. The van der Waals surface area contributed by atoms with Crippen LogP contribution in [0.5, 0.6) is 0 Å². The number of hydrogen-bond acceptors (Lipinski definition) is 3. The molecule has 5 heteroatoms. The van der Waals surface area contributed by atoms with Gasteiger partial charge in [-0.15, -0.1) is 0 Å². The number of morpholine rings is 1. The van der Waals surface area contributed by atoms with Gasteiger partial charge in [-0.3, -0.25) is 9.69 Å². The molecule has 2 heterocycles. The summed E-state index contributed by atoms with van der Waals surface area (Å²) < 4.78 is 5.35. The van der Waals surface area contributed by atoms with Crippen LogP contribution in [0.25, 0.3) is 10.9 Å². The number of fused-ring (bicyclic) bond motifs is 1. The molecule has 3 rings (SSSR count). The van der Waals surface area contributed by atoms with E-state index >= 15 is 0 Å². The Morgan fingerprint density at radius 1 is 1.25 bits per heavy atom. The smallest absolute Gasteiger partial charge is 0.251 e. The zero-order valence-electron chi connectivity index (χ0n) is 14.7. The van der Waals surface area contributed by atoms with Crippen LogP contribution in [0.15, 0.2) is 18.2 Å². The number of benzene rings is 1. The minimum absolute atomic E-state index is 0.0153. The van der Waals surface area contributed by atoms with E-state index in [-0.39, 0.29) is 5.91 Å². The lowest BCUT2D eigenvalue weighted by Gasteiger charge is -2.26. The fourth-order valence-corrected chi connectivity index (χ4v) is 3.19. The predicted molar refractivity (Wildman–Crippen MR) is 96.6 cm³/mol. The normalized spacial score (nSPS) is 15.8. The molecule has 1 amide bonds. The first-order valence-electron chi connectivity index (χ1n) is 8.82. The van der Waals surface area contributed by atoms with Gasteiger partial charge in [0.05, 0.1) is 13.2 Å². The number of aromatic nitrogens is 1. The molecule has 1 aromatic heterocycles. The van der Waals surface area contributed by atoms with Crippen LogP contribution in [0.2, 0.25) is 0 Å². The number of carbonyl (C=O) groups is 1. The van der Waals surface area contributed by atoms with Crippen LogP contribution in [-0.4, -0.2) is 55.2 Å². The van der Waals surface area contributed by atoms with E-state index in [9.17, 15) is 4.79 Å². The number of aryl methyl sites for hydroxylation is 2. The summed E-state index contributed by atoms with van der Waals surface area (Å²) in [6, 6.07) is 5.86. The molecule has 0 atom stereocenters. The number of nitrogens with one attached hydrogen (secondary N) is 2. The Bertz CT molecular complexity index is 702. The Morgan fingerprint density at radius 3 is 2.83 bits per heavy atom. The summed E-state index contributed by atoms with van der Waals surface area (Å²) in [6.45, 7) is 9.71. The van der Waals surface area contributed by atoms with Gasteiger partial charge < -0.3 is 15.0 Å². The summed E-state index contributed by atoms with van der Waals surface area (Å²) in [6.07, 6.45) is 2.11. The Hall–Kier alpha value is -1.85. The predicted octanol–water partition coefficient (Wildman–Crippen LogP) is 2.63. The SMILES string of the molecule is Cc1[nH]c2ccc(C(=O)NCCCCN3CCOCC3)cc2c1C. The standard InChI is InChI=1S/C19H27N3O2/c1-14-15(2)21-18-6-5-16(13-17(14)18)19(23)20-7-3-4-8-22-9-11-24-12-10-22/h5-6,13,21H,3-4,7-12H2,1-2H3,(H,20,23). The molecule has 1 saturated heterocycles. The van der Waals surface area contributed by atoms with Crippen molar-refractivity contribution < 1.29 is 9.53 Å². The van der Waals surface area contributed by atoms with Gasteiger partial charge in [0, 0.05) is 41.8 Å². The molecular weight excluding hydrogens is 302 g/mol. The molecule has 1 aromatic carbocycles. The quantitative estimate of drug-likeness (QED) is 0.801. The number of nitrogens with zero attached hydrogens (tertiary/aromatic N) is 1. The first kappa shape index (κ1) is 17.0. The third kappa shape index (κ3) is 3.97. The third-order valence-electron chi connectivity index (χ3n) is 4.86. The van der Waals surface area contributed by atoms with Crippen molar-refractivity contribution in [2.75, 3.05) is 39.4 Å². The molecule has 2 aromatic rings. The second-order valence-electron chi connectivity index (χ2n) is 6.55. The van der Waals surface area contributed by atoms with E-state index in [2.05, 4.69) is 29.0 Å². The number of aromatic amines is 1. The molecule has 0 spiro atoms. The van der Waals surface area contributed by atoms with Crippen LogP contribution in [0.3, 0.4) is 0 Å². The van der Waals surface area contributed by atoms with Gasteiger partial charge >= 0.3 is 0 Å². The highest BCUT2D eigenvalue weighted by Crippen LogP contribution is 2.22. The van der Waals surface area contributed by atoms with Crippen molar-refractivity contribution in [3.05, 3.63) is 35.0 Å². The molecule has 130 valence electrons. The van der Waals surface area contributed by atoms with Crippen molar-refractivity contribution in [1.82, 2.24) is 15.2 Å². The Kier molecular flexibility index (Phi) is 5.53. The molecule has 1 aliphatic heterocycles. The van der Waals surface area contributed by atoms with E-state index in [0.29, 0.717) is 0 Å². The highest BCUT2D eigenvalue weighted by molar-refractivity contribution is 5.99. The summed E-state index contributed by atoms with van der Waals surface area (Å²) in [4.78, 5) is 18.1. The minimum atomic E-state index is 0.0153. The van der Waals surface area contributed by atoms with E-state index in [1.807, 2.05) is 18.2 Å². The topological polar surface area (TPSA) is 57.4 Å². The van der Waals surface area contributed by atoms with Gasteiger partial charge in [0.15, 0.2) is 0 Å². The minimum Gasteiger partial charge on any atom is -0.379 e.